The number of aryl methyl sites for hydroxylation is 3. The molecule has 1 fully saturated rings. The van der Waals surface area contributed by atoms with Crippen molar-refractivity contribution in [1.29, 1.82) is 0 Å². The van der Waals surface area contributed by atoms with Crippen LogP contribution in [0.1, 0.15) is 88.4 Å². The van der Waals surface area contributed by atoms with E-state index in [-0.39, 0.29) is 11.1 Å². The van der Waals surface area contributed by atoms with Crippen molar-refractivity contribution in [3.63, 3.8) is 0 Å². The topological polar surface area (TPSA) is 112 Å². The summed E-state index contributed by atoms with van der Waals surface area (Å²) in [5.41, 5.74) is 2.70. The molecular formula is C36H42N2O8. The second kappa shape index (κ2) is 14.2. The van der Waals surface area contributed by atoms with Crippen molar-refractivity contribution in [3.8, 4) is 5.75 Å². The van der Waals surface area contributed by atoms with Gasteiger partial charge in [0.1, 0.15) is 5.75 Å². The Balaban J connectivity index is 1.83. The van der Waals surface area contributed by atoms with E-state index in [1.165, 1.54) is 13.2 Å². The third-order valence-electron chi connectivity index (χ3n) is 7.57. The monoisotopic (exact) mass is 630 g/mol. The average Bonchev–Trinajstić information content (AvgIpc) is 3.54. The van der Waals surface area contributed by atoms with Crippen LogP contribution in [0.15, 0.2) is 60.7 Å². The predicted octanol–water partition coefficient (Wildman–Crippen LogP) is 6.78. The Bertz CT molecular complexity index is 1580. The van der Waals surface area contributed by atoms with Crippen LogP contribution in [0.5, 0.6) is 5.75 Å². The van der Waals surface area contributed by atoms with Crippen molar-refractivity contribution in [2.75, 3.05) is 13.7 Å². The quantitative estimate of drug-likeness (QED) is 0.160. The van der Waals surface area contributed by atoms with Crippen molar-refractivity contribution in [2.45, 2.75) is 79.2 Å². The molecule has 2 atom stereocenters. The van der Waals surface area contributed by atoms with Gasteiger partial charge < -0.3 is 18.9 Å². The molecule has 0 N–H and O–H groups in total. The molecule has 2 unspecified atom stereocenters. The second-order valence-corrected chi connectivity index (χ2v) is 12.5. The standard InChI is InChI=1S/C36H42N2O8/c1-22-14-16-26(17-15-22)34(45-33(41)30-13-10-18-44-30)46-35(42)37(32(40)28-11-9-12-29(43-8)25(28)4)38(36(5,6)7)31(39)27-20-23(2)19-24(3)21-27/h9,11-12,14-17,19-21,30,34H,10,13,18H2,1-8H3. The number of imide groups is 1. The molecule has 0 aromatic heterocycles. The van der Waals surface area contributed by atoms with E-state index in [1.807, 2.05) is 26.8 Å². The molecule has 0 saturated carbocycles. The first kappa shape index (κ1) is 34.2. The molecule has 1 saturated heterocycles. The Labute approximate surface area is 270 Å². The van der Waals surface area contributed by atoms with Gasteiger partial charge in [0.25, 0.3) is 18.1 Å². The minimum Gasteiger partial charge on any atom is -0.496 e. The normalized spacial score (nSPS) is 15.1. The van der Waals surface area contributed by atoms with Gasteiger partial charge in [-0.2, -0.15) is 0 Å². The van der Waals surface area contributed by atoms with Crippen LogP contribution in [0.25, 0.3) is 0 Å². The Kier molecular flexibility index (Phi) is 10.5. The summed E-state index contributed by atoms with van der Waals surface area (Å²) < 4.78 is 22.5. The van der Waals surface area contributed by atoms with Gasteiger partial charge in [-0.25, -0.2) is 14.6 Å². The molecule has 1 heterocycles. The van der Waals surface area contributed by atoms with Crippen molar-refractivity contribution in [3.05, 3.63) is 99.6 Å². The first-order chi connectivity index (χ1) is 21.7. The van der Waals surface area contributed by atoms with Crippen molar-refractivity contribution < 1.29 is 38.1 Å². The number of hydrogen-bond acceptors (Lipinski definition) is 8. The number of amides is 3. The fourth-order valence-corrected chi connectivity index (χ4v) is 5.32. The summed E-state index contributed by atoms with van der Waals surface area (Å²) in [7, 11) is 1.47. The van der Waals surface area contributed by atoms with E-state index in [0.29, 0.717) is 41.3 Å². The largest absolute Gasteiger partial charge is 0.496 e. The molecule has 4 rings (SSSR count). The van der Waals surface area contributed by atoms with Crippen LogP contribution in [-0.2, 0) is 19.0 Å². The fourth-order valence-electron chi connectivity index (χ4n) is 5.32. The van der Waals surface area contributed by atoms with Crippen molar-refractivity contribution >= 4 is 23.9 Å². The second-order valence-electron chi connectivity index (χ2n) is 12.5. The van der Waals surface area contributed by atoms with Crippen LogP contribution in [0.2, 0.25) is 0 Å². The van der Waals surface area contributed by atoms with E-state index in [1.54, 1.807) is 76.2 Å². The van der Waals surface area contributed by atoms with Gasteiger partial charge in [-0.15, -0.1) is 5.01 Å². The molecule has 3 aromatic rings. The fraction of sp³-hybridized carbons (Fsp3) is 0.389. The molecule has 46 heavy (non-hydrogen) atoms. The lowest BCUT2D eigenvalue weighted by molar-refractivity contribution is -0.182. The minimum atomic E-state index is -1.54. The van der Waals surface area contributed by atoms with Gasteiger partial charge in [-0.05, 0) is 85.6 Å². The van der Waals surface area contributed by atoms with Gasteiger partial charge in [0.15, 0.2) is 6.10 Å². The van der Waals surface area contributed by atoms with Crippen LogP contribution in [0.4, 0.5) is 4.79 Å². The Morgan fingerprint density at radius 3 is 2.07 bits per heavy atom. The zero-order valence-corrected chi connectivity index (χ0v) is 27.7. The summed E-state index contributed by atoms with van der Waals surface area (Å²) in [6.07, 6.45) is -2.40. The number of nitrogens with zero attached hydrogens (tertiary/aromatic N) is 2. The number of esters is 1. The molecule has 0 bridgehead atoms. The minimum absolute atomic E-state index is 0.113. The van der Waals surface area contributed by atoms with Gasteiger partial charge in [0.2, 0.25) is 0 Å². The number of ether oxygens (including phenoxy) is 4. The highest BCUT2D eigenvalue weighted by Crippen LogP contribution is 2.30. The van der Waals surface area contributed by atoms with Gasteiger partial charge >= 0.3 is 12.1 Å². The predicted molar refractivity (Wildman–Crippen MR) is 171 cm³/mol. The Hall–Kier alpha value is -4.70. The number of carbonyl (C=O) groups is 4. The third kappa shape index (κ3) is 7.74. The summed E-state index contributed by atoms with van der Waals surface area (Å²) in [6.45, 7) is 12.8. The summed E-state index contributed by atoms with van der Waals surface area (Å²) >= 11 is 0. The van der Waals surface area contributed by atoms with Crippen molar-refractivity contribution in [1.82, 2.24) is 10.0 Å². The average molecular weight is 631 g/mol. The maximum atomic E-state index is 14.5. The smallest absolute Gasteiger partial charge is 0.439 e. The van der Waals surface area contributed by atoms with Crippen LogP contribution in [0.3, 0.4) is 0 Å². The zero-order valence-electron chi connectivity index (χ0n) is 27.7. The molecule has 0 radical (unpaired) electrons. The molecule has 1 aliphatic rings. The van der Waals surface area contributed by atoms with E-state index in [0.717, 1.165) is 21.7 Å². The molecule has 3 aromatic carbocycles. The zero-order chi connectivity index (χ0) is 33.8. The van der Waals surface area contributed by atoms with Crippen LogP contribution in [-0.4, -0.2) is 59.3 Å². The van der Waals surface area contributed by atoms with Crippen LogP contribution < -0.4 is 4.74 Å². The molecule has 0 aliphatic carbocycles. The van der Waals surface area contributed by atoms with E-state index < -0.39 is 41.8 Å². The number of hydrogen-bond donors (Lipinski definition) is 0. The first-order valence-electron chi connectivity index (χ1n) is 15.2. The highest BCUT2D eigenvalue weighted by molar-refractivity contribution is 6.07. The van der Waals surface area contributed by atoms with Crippen molar-refractivity contribution in [2.24, 2.45) is 0 Å². The van der Waals surface area contributed by atoms with Crippen LogP contribution in [0, 0.1) is 27.7 Å². The molecule has 1 aliphatic heterocycles. The Morgan fingerprint density at radius 2 is 1.50 bits per heavy atom. The van der Waals surface area contributed by atoms with E-state index in [9.17, 15) is 19.2 Å². The van der Waals surface area contributed by atoms with Gasteiger partial charge in [-0.1, -0.05) is 53.1 Å². The first-order valence-corrected chi connectivity index (χ1v) is 15.2. The van der Waals surface area contributed by atoms with E-state index >= 15 is 0 Å². The SMILES string of the molecule is COc1cccc(C(=O)N(C(=O)OC(OC(=O)C2CCCO2)c2ccc(C)cc2)N(C(=O)c2cc(C)cc(C)c2)C(C)(C)C)c1C. The van der Waals surface area contributed by atoms with E-state index in [4.69, 9.17) is 18.9 Å². The summed E-state index contributed by atoms with van der Waals surface area (Å²) in [4.78, 5) is 56.2. The maximum absolute atomic E-state index is 14.5. The Morgan fingerprint density at radius 1 is 0.848 bits per heavy atom. The molecular weight excluding hydrogens is 588 g/mol. The highest BCUT2D eigenvalue weighted by atomic mass is 16.7. The maximum Gasteiger partial charge on any atom is 0.439 e. The molecule has 0 spiro atoms. The van der Waals surface area contributed by atoms with Gasteiger partial charge in [-0.3, -0.25) is 9.59 Å². The van der Waals surface area contributed by atoms with Gasteiger partial charge in [0.05, 0.1) is 12.6 Å². The lowest BCUT2D eigenvalue weighted by Gasteiger charge is -2.42. The third-order valence-corrected chi connectivity index (χ3v) is 7.57. The molecule has 244 valence electrons. The number of methoxy groups -OCH3 is 1. The number of hydrazine groups is 1. The molecule has 3 amide bonds. The summed E-state index contributed by atoms with van der Waals surface area (Å²) in [5.74, 6) is -1.71. The summed E-state index contributed by atoms with van der Waals surface area (Å²) in [6, 6.07) is 17.0. The number of benzene rings is 3. The highest BCUT2D eigenvalue weighted by Gasteiger charge is 2.43. The van der Waals surface area contributed by atoms with Crippen LogP contribution >= 0.6 is 0 Å². The number of rotatable bonds is 7. The van der Waals surface area contributed by atoms with Gasteiger partial charge in [0, 0.05) is 28.9 Å². The molecule has 10 nitrogen and oxygen atoms in total. The lowest BCUT2D eigenvalue weighted by atomic mass is 10.0. The molecule has 10 heteroatoms. The van der Waals surface area contributed by atoms with E-state index in [2.05, 4.69) is 0 Å². The number of carbonyl (C=O) groups excluding carboxylic acids is 4. The lowest BCUT2D eigenvalue weighted by Crippen LogP contribution is -2.60. The summed E-state index contributed by atoms with van der Waals surface area (Å²) in [5, 5.41) is 1.77.